The zero-order valence-corrected chi connectivity index (χ0v) is 11.9. The van der Waals surface area contributed by atoms with E-state index in [0.29, 0.717) is 12.6 Å². The number of carbonyl (C=O) groups excluding carboxylic acids is 1. The normalized spacial score (nSPS) is 16.9. The highest BCUT2D eigenvalue weighted by atomic mass is 16.5. The number of rotatable bonds is 6. The first-order chi connectivity index (χ1) is 9.04. The van der Waals surface area contributed by atoms with Crippen molar-refractivity contribution in [3.8, 4) is 0 Å². The highest BCUT2D eigenvalue weighted by Crippen LogP contribution is 2.30. The van der Waals surface area contributed by atoms with Crippen LogP contribution in [0.2, 0.25) is 0 Å². The maximum atomic E-state index is 11.7. The van der Waals surface area contributed by atoms with Crippen molar-refractivity contribution < 1.29 is 9.53 Å². The van der Waals surface area contributed by atoms with Crippen LogP contribution in [0.1, 0.15) is 45.5 Å². The smallest absolute Gasteiger partial charge is 0.322 e. The molecule has 1 aliphatic rings. The molecule has 2 rings (SSSR count). The van der Waals surface area contributed by atoms with Gasteiger partial charge in [0.15, 0.2) is 5.82 Å². The largest absolute Gasteiger partial charge is 0.468 e. The van der Waals surface area contributed by atoms with Gasteiger partial charge in [0.2, 0.25) is 0 Å². The fraction of sp³-hybridized carbons (Fsp3) is 0.833. The van der Waals surface area contributed by atoms with Crippen molar-refractivity contribution in [3.63, 3.8) is 0 Å². The predicted molar refractivity (Wildman–Crippen MR) is 68.2 cm³/mol. The summed E-state index contributed by atoms with van der Waals surface area (Å²) in [4.78, 5) is 13.8. The molecule has 0 amide bonds. The van der Waals surface area contributed by atoms with Gasteiger partial charge in [0, 0.05) is 6.04 Å². The van der Waals surface area contributed by atoms with Crippen LogP contribution in [-0.2, 0) is 16.1 Å². The lowest BCUT2D eigenvalue weighted by Crippen LogP contribution is -2.41. The number of ether oxygens (including phenoxy) is 1. The van der Waals surface area contributed by atoms with Crippen molar-refractivity contribution in [2.75, 3.05) is 7.11 Å². The number of hydrogen-bond acceptors (Lipinski definition) is 6. The average molecular weight is 267 g/mol. The Bertz CT molecular complexity index is 441. The van der Waals surface area contributed by atoms with Gasteiger partial charge >= 0.3 is 5.97 Å². The molecule has 1 aromatic rings. The van der Waals surface area contributed by atoms with Gasteiger partial charge in [0.25, 0.3) is 0 Å². The molecule has 0 aliphatic heterocycles. The van der Waals surface area contributed by atoms with E-state index in [0.717, 1.165) is 18.7 Å². The molecule has 1 fully saturated rings. The highest BCUT2D eigenvalue weighted by Gasteiger charge is 2.36. The molecule has 0 radical (unpaired) electrons. The molecule has 19 heavy (non-hydrogen) atoms. The fourth-order valence-electron chi connectivity index (χ4n) is 2.18. The van der Waals surface area contributed by atoms with Crippen LogP contribution in [0, 0.1) is 0 Å². The Morgan fingerprint density at radius 3 is 2.68 bits per heavy atom. The summed E-state index contributed by atoms with van der Waals surface area (Å²) in [5.74, 6) is 0.577. The minimum atomic E-state index is -0.269. The van der Waals surface area contributed by atoms with E-state index in [1.165, 1.54) is 7.11 Å². The van der Waals surface area contributed by atoms with Crippen molar-refractivity contribution >= 4 is 5.97 Å². The molecule has 1 saturated carbocycles. The number of esters is 1. The zero-order chi connectivity index (χ0) is 14.0. The summed E-state index contributed by atoms with van der Waals surface area (Å²) in [6.45, 7) is 6.51. The van der Waals surface area contributed by atoms with Crippen LogP contribution in [-0.4, -0.2) is 50.3 Å². The summed E-state index contributed by atoms with van der Waals surface area (Å²) in [6, 6.07) is 0.376. The first-order valence-electron chi connectivity index (χ1n) is 6.65. The van der Waals surface area contributed by atoms with Gasteiger partial charge in [-0.3, -0.25) is 9.69 Å². The molecular formula is C12H21N5O2. The molecule has 1 aromatic heterocycles. The Morgan fingerprint density at radius 2 is 2.16 bits per heavy atom. The molecule has 0 bridgehead atoms. The lowest BCUT2D eigenvalue weighted by molar-refractivity contribution is -0.146. The van der Waals surface area contributed by atoms with Crippen LogP contribution in [0.25, 0.3) is 0 Å². The molecule has 7 nitrogen and oxygen atoms in total. The first-order valence-corrected chi connectivity index (χ1v) is 6.65. The standard InChI is InChI=1S/C12H21N5O2/c1-8(2)17-11(13-14-15-17)7-16(10-5-6-10)9(3)12(18)19-4/h8-10H,5-7H2,1-4H3. The summed E-state index contributed by atoms with van der Waals surface area (Å²) in [7, 11) is 1.42. The maximum absolute atomic E-state index is 11.7. The molecule has 1 unspecified atom stereocenters. The number of hydrogen-bond donors (Lipinski definition) is 0. The van der Waals surface area contributed by atoms with E-state index >= 15 is 0 Å². The van der Waals surface area contributed by atoms with Crippen molar-refractivity contribution in [1.29, 1.82) is 0 Å². The third-order valence-corrected chi connectivity index (χ3v) is 3.43. The lowest BCUT2D eigenvalue weighted by atomic mass is 10.2. The van der Waals surface area contributed by atoms with Crippen molar-refractivity contribution in [2.45, 2.75) is 58.3 Å². The third-order valence-electron chi connectivity index (χ3n) is 3.43. The van der Waals surface area contributed by atoms with Crippen LogP contribution >= 0.6 is 0 Å². The van der Waals surface area contributed by atoms with E-state index in [1.807, 2.05) is 20.8 Å². The fourth-order valence-corrected chi connectivity index (χ4v) is 2.18. The van der Waals surface area contributed by atoms with Gasteiger partial charge in [-0.2, -0.15) is 0 Å². The number of nitrogens with zero attached hydrogens (tertiary/aromatic N) is 5. The van der Waals surface area contributed by atoms with Crippen molar-refractivity contribution in [3.05, 3.63) is 5.82 Å². The van der Waals surface area contributed by atoms with E-state index < -0.39 is 0 Å². The molecule has 1 aliphatic carbocycles. The molecule has 1 heterocycles. The molecule has 106 valence electrons. The minimum Gasteiger partial charge on any atom is -0.468 e. The van der Waals surface area contributed by atoms with Crippen LogP contribution in [0.3, 0.4) is 0 Å². The SMILES string of the molecule is COC(=O)C(C)N(Cc1nnnn1C(C)C)C1CC1. The number of carbonyl (C=O) groups is 1. The summed E-state index contributed by atoms with van der Waals surface area (Å²) in [5.41, 5.74) is 0. The van der Waals surface area contributed by atoms with Gasteiger partial charge < -0.3 is 4.74 Å². The minimum absolute atomic E-state index is 0.208. The molecule has 7 heteroatoms. The van der Waals surface area contributed by atoms with Crippen molar-refractivity contribution in [1.82, 2.24) is 25.1 Å². The monoisotopic (exact) mass is 267 g/mol. The van der Waals surface area contributed by atoms with E-state index in [-0.39, 0.29) is 18.1 Å². The lowest BCUT2D eigenvalue weighted by Gasteiger charge is -2.26. The summed E-state index contributed by atoms with van der Waals surface area (Å²) in [6.07, 6.45) is 2.23. The highest BCUT2D eigenvalue weighted by molar-refractivity contribution is 5.75. The van der Waals surface area contributed by atoms with E-state index in [4.69, 9.17) is 4.74 Å². The molecule has 0 N–H and O–H groups in total. The Morgan fingerprint density at radius 1 is 1.47 bits per heavy atom. The average Bonchev–Trinajstić information content (AvgIpc) is 3.12. The predicted octanol–water partition coefficient (Wildman–Crippen LogP) is 0.780. The topological polar surface area (TPSA) is 73.1 Å². The second kappa shape index (κ2) is 5.64. The Hall–Kier alpha value is -1.50. The second-order valence-corrected chi connectivity index (χ2v) is 5.24. The summed E-state index contributed by atoms with van der Waals surface area (Å²) in [5, 5.41) is 11.8. The number of tetrazole rings is 1. The van der Waals surface area contributed by atoms with Crippen LogP contribution in [0.4, 0.5) is 0 Å². The molecule has 0 aromatic carbocycles. The zero-order valence-electron chi connectivity index (χ0n) is 11.9. The van der Waals surface area contributed by atoms with E-state index in [9.17, 15) is 4.79 Å². The van der Waals surface area contributed by atoms with E-state index in [1.54, 1.807) is 4.68 Å². The quantitative estimate of drug-likeness (QED) is 0.709. The van der Waals surface area contributed by atoms with Crippen LogP contribution < -0.4 is 0 Å². The Balaban J connectivity index is 2.12. The van der Waals surface area contributed by atoms with Crippen LogP contribution in [0.15, 0.2) is 0 Å². The molecular weight excluding hydrogens is 246 g/mol. The third kappa shape index (κ3) is 3.09. The van der Waals surface area contributed by atoms with E-state index in [2.05, 4.69) is 20.4 Å². The van der Waals surface area contributed by atoms with Gasteiger partial charge in [-0.1, -0.05) is 0 Å². The summed E-state index contributed by atoms with van der Waals surface area (Å²) < 4.78 is 6.62. The Labute approximate surface area is 112 Å². The Kier molecular flexibility index (Phi) is 4.14. The summed E-state index contributed by atoms with van der Waals surface area (Å²) >= 11 is 0. The van der Waals surface area contributed by atoms with Gasteiger partial charge in [-0.05, 0) is 44.0 Å². The number of aromatic nitrogens is 4. The van der Waals surface area contributed by atoms with Gasteiger partial charge in [-0.25, -0.2) is 4.68 Å². The van der Waals surface area contributed by atoms with Crippen LogP contribution in [0.5, 0.6) is 0 Å². The van der Waals surface area contributed by atoms with Gasteiger partial charge in [-0.15, -0.1) is 5.10 Å². The van der Waals surface area contributed by atoms with Gasteiger partial charge in [0.05, 0.1) is 19.7 Å². The van der Waals surface area contributed by atoms with Gasteiger partial charge in [0.1, 0.15) is 6.04 Å². The number of methoxy groups -OCH3 is 1. The second-order valence-electron chi connectivity index (χ2n) is 5.24. The maximum Gasteiger partial charge on any atom is 0.322 e. The first kappa shape index (κ1) is 13.9. The molecule has 0 saturated heterocycles. The van der Waals surface area contributed by atoms with Crippen molar-refractivity contribution in [2.24, 2.45) is 0 Å². The molecule has 1 atom stereocenters. The molecule has 0 spiro atoms.